The number of anilines is 1. The third-order valence-electron chi connectivity index (χ3n) is 4.25. The van der Waals surface area contributed by atoms with Crippen molar-refractivity contribution in [2.24, 2.45) is 0 Å². The topological polar surface area (TPSA) is 102 Å². The molecule has 2 aromatic heterocycles. The second-order valence-electron chi connectivity index (χ2n) is 6.36. The number of imidazole rings is 1. The van der Waals surface area contributed by atoms with Crippen LogP contribution in [0.15, 0.2) is 42.5 Å². The van der Waals surface area contributed by atoms with Crippen molar-refractivity contribution in [2.75, 3.05) is 18.5 Å². The van der Waals surface area contributed by atoms with Crippen LogP contribution in [0.1, 0.15) is 35.0 Å². The van der Waals surface area contributed by atoms with Crippen LogP contribution in [0.3, 0.4) is 0 Å². The summed E-state index contributed by atoms with van der Waals surface area (Å²) in [6, 6.07) is 12.9. The number of para-hydroxylation sites is 2. The number of carbonyl (C=O) groups is 1. The van der Waals surface area contributed by atoms with Gasteiger partial charge >= 0.3 is 0 Å². The average molecular weight is 423 g/mol. The van der Waals surface area contributed by atoms with Crippen LogP contribution in [0.2, 0.25) is 0 Å². The molecule has 1 amide bonds. The number of aromatic amines is 1. The maximum absolute atomic E-state index is 12.6. The van der Waals surface area contributed by atoms with Gasteiger partial charge in [0.05, 0.1) is 30.7 Å². The quantitative estimate of drug-likeness (QED) is 0.443. The smallest absolute Gasteiger partial charge is 0.257 e. The van der Waals surface area contributed by atoms with Crippen LogP contribution in [-0.2, 0) is 6.42 Å². The Hall–Kier alpha value is -3.46. The number of nitrogens with zero attached hydrogens (tertiary/aromatic N) is 3. The first-order valence-electron chi connectivity index (χ1n) is 9.63. The van der Waals surface area contributed by atoms with E-state index in [1.54, 1.807) is 18.2 Å². The van der Waals surface area contributed by atoms with Gasteiger partial charge in [0.2, 0.25) is 5.13 Å². The van der Waals surface area contributed by atoms with Gasteiger partial charge in [-0.3, -0.25) is 10.1 Å². The number of ether oxygens (including phenoxy) is 2. The van der Waals surface area contributed by atoms with Gasteiger partial charge in [-0.15, -0.1) is 10.2 Å². The molecule has 0 spiro atoms. The number of hydrogen-bond acceptors (Lipinski definition) is 7. The fraction of sp³-hybridized carbons (Fsp3) is 0.238. The van der Waals surface area contributed by atoms with Crippen LogP contribution >= 0.6 is 11.3 Å². The van der Waals surface area contributed by atoms with Gasteiger partial charge in [0.25, 0.3) is 5.91 Å². The summed E-state index contributed by atoms with van der Waals surface area (Å²) in [5, 5.41) is 12.2. The highest BCUT2D eigenvalue weighted by Crippen LogP contribution is 2.29. The van der Waals surface area contributed by atoms with E-state index in [1.807, 2.05) is 38.1 Å². The van der Waals surface area contributed by atoms with E-state index in [9.17, 15) is 4.79 Å². The highest BCUT2D eigenvalue weighted by Gasteiger charge is 2.15. The number of H-pyrrole nitrogens is 1. The largest absolute Gasteiger partial charge is 0.490 e. The number of hydrogen-bond donors (Lipinski definition) is 2. The molecule has 2 N–H and O–H groups in total. The second-order valence-corrected chi connectivity index (χ2v) is 7.42. The Bertz CT molecular complexity index is 1140. The lowest BCUT2D eigenvalue weighted by Crippen LogP contribution is -2.12. The molecule has 8 nitrogen and oxygen atoms in total. The van der Waals surface area contributed by atoms with Gasteiger partial charge in [0.15, 0.2) is 11.5 Å². The summed E-state index contributed by atoms with van der Waals surface area (Å²) in [5.74, 6) is 1.67. The molecule has 0 bridgehead atoms. The normalized spacial score (nSPS) is 10.9. The van der Waals surface area contributed by atoms with E-state index in [1.165, 1.54) is 11.3 Å². The molecule has 0 unspecified atom stereocenters. The molecule has 4 rings (SSSR count). The summed E-state index contributed by atoms with van der Waals surface area (Å²) < 4.78 is 11.1. The fourth-order valence-corrected chi connectivity index (χ4v) is 3.71. The zero-order valence-corrected chi connectivity index (χ0v) is 17.5. The predicted molar refractivity (Wildman–Crippen MR) is 116 cm³/mol. The lowest BCUT2D eigenvalue weighted by atomic mass is 10.2. The minimum Gasteiger partial charge on any atom is -0.490 e. The summed E-state index contributed by atoms with van der Waals surface area (Å²) >= 11 is 1.32. The number of aromatic nitrogens is 4. The van der Waals surface area contributed by atoms with Gasteiger partial charge in [-0.25, -0.2) is 4.98 Å². The van der Waals surface area contributed by atoms with E-state index in [2.05, 4.69) is 25.5 Å². The van der Waals surface area contributed by atoms with Gasteiger partial charge < -0.3 is 14.5 Å². The van der Waals surface area contributed by atoms with E-state index >= 15 is 0 Å². The SMILES string of the molecule is CCOc1ccc(C(=O)Nc2nnc(Cc3nc4ccccc4[nH]3)s2)cc1OCC. The zero-order valence-electron chi connectivity index (χ0n) is 16.6. The van der Waals surface area contributed by atoms with Crippen molar-refractivity contribution in [3.8, 4) is 11.5 Å². The van der Waals surface area contributed by atoms with Crippen molar-refractivity contribution in [2.45, 2.75) is 20.3 Å². The zero-order chi connectivity index (χ0) is 20.9. The molecule has 30 heavy (non-hydrogen) atoms. The van der Waals surface area contributed by atoms with Gasteiger partial charge in [0.1, 0.15) is 10.8 Å². The van der Waals surface area contributed by atoms with Crippen molar-refractivity contribution in [3.63, 3.8) is 0 Å². The molecule has 2 aromatic carbocycles. The van der Waals surface area contributed by atoms with E-state index < -0.39 is 0 Å². The van der Waals surface area contributed by atoms with Crippen LogP contribution in [-0.4, -0.2) is 39.3 Å². The Balaban J connectivity index is 1.45. The van der Waals surface area contributed by atoms with Crippen LogP contribution in [0.4, 0.5) is 5.13 Å². The predicted octanol–water partition coefficient (Wildman–Crippen LogP) is 4.05. The highest BCUT2D eigenvalue weighted by atomic mass is 32.1. The lowest BCUT2D eigenvalue weighted by molar-refractivity contribution is 0.102. The molecule has 0 aliphatic heterocycles. The van der Waals surface area contributed by atoms with Gasteiger partial charge in [-0.2, -0.15) is 0 Å². The molecule has 2 heterocycles. The third kappa shape index (κ3) is 4.41. The van der Waals surface area contributed by atoms with Crippen LogP contribution in [0.5, 0.6) is 11.5 Å². The minimum atomic E-state index is -0.287. The molecule has 0 saturated carbocycles. The first-order valence-corrected chi connectivity index (χ1v) is 10.4. The van der Waals surface area contributed by atoms with E-state index in [4.69, 9.17) is 9.47 Å². The van der Waals surface area contributed by atoms with Crippen molar-refractivity contribution < 1.29 is 14.3 Å². The summed E-state index contributed by atoms with van der Waals surface area (Å²) in [4.78, 5) is 20.5. The molecule has 0 saturated heterocycles. The van der Waals surface area contributed by atoms with Gasteiger partial charge in [-0.1, -0.05) is 23.5 Å². The summed E-state index contributed by atoms with van der Waals surface area (Å²) in [6.45, 7) is 4.78. The Kier molecular flexibility index (Phi) is 5.89. The van der Waals surface area contributed by atoms with Crippen LogP contribution in [0.25, 0.3) is 11.0 Å². The van der Waals surface area contributed by atoms with E-state index in [-0.39, 0.29) is 5.91 Å². The minimum absolute atomic E-state index is 0.287. The Morgan fingerprint density at radius 3 is 2.67 bits per heavy atom. The number of fused-ring (bicyclic) bond motifs is 1. The molecule has 154 valence electrons. The highest BCUT2D eigenvalue weighted by molar-refractivity contribution is 7.15. The number of amides is 1. The van der Waals surface area contributed by atoms with Crippen molar-refractivity contribution in [1.82, 2.24) is 20.2 Å². The third-order valence-corrected chi connectivity index (χ3v) is 5.09. The van der Waals surface area contributed by atoms with E-state index in [0.717, 1.165) is 21.9 Å². The summed E-state index contributed by atoms with van der Waals surface area (Å²) in [5.41, 5.74) is 2.34. The Labute approximate surface area is 177 Å². The molecular weight excluding hydrogens is 402 g/mol. The molecule has 9 heteroatoms. The molecule has 0 fully saturated rings. The van der Waals surface area contributed by atoms with Crippen molar-refractivity contribution >= 4 is 33.4 Å². The molecule has 0 aliphatic rings. The monoisotopic (exact) mass is 423 g/mol. The number of rotatable bonds is 8. The van der Waals surface area contributed by atoms with Crippen molar-refractivity contribution in [3.05, 3.63) is 58.9 Å². The average Bonchev–Trinajstić information content (AvgIpc) is 3.35. The standard InChI is InChI=1S/C21H21N5O3S/c1-3-28-16-10-9-13(11-17(16)29-4-2)20(27)24-21-26-25-19(30-21)12-18-22-14-7-5-6-8-15(14)23-18/h5-11H,3-4,12H2,1-2H3,(H,22,23)(H,24,26,27). The maximum Gasteiger partial charge on any atom is 0.257 e. The lowest BCUT2D eigenvalue weighted by Gasteiger charge is -2.12. The molecule has 0 atom stereocenters. The molecular formula is C21H21N5O3S. The fourth-order valence-electron chi connectivity index (χ4n) is 2.97. The Morgan fingerprint density at radius 2 is 1.87 bits per heavy atom. The van der Waals surface area contributed by atoms with E-state index in [0.29, 0.717) is 41.8 Å². The molecule has 0 radical (unpaired) electrons. The molecule has 0 aliphatic carbocycles. The molecule has 4 aromatic rings. The first-order chi connectivity index (χ1) is 14.7. The maximum atomic E-state index is 12.6. The summed E-state index contributed by atoms with van der Waals surface area (Å²) in [7, 11) is 0. The number of carbonyl (C=O) groups excluding carboxylic acids is 1. The Morgan fingerprint density at radius 1 is 1.07 bits per heavy atom. The summed E-state index contributed by atoms with van der Waals surface area (Å²) in [6.07, 6.45) is 0.514. The first kappa shape index (κ1) is 19.8. The van der Waals surface area contributed by atoms with Gasteiger partial charge in [0, 0.05) is 5.56 Å². The number of nitrogens with one attached hydrogen (secondary N) is 2. The number of benzene rings is 2. The van der Waals surface area contributed by atoms with Crippen LogP contribution < -0.4 is 14.8 Å². The van der Waals surface area contributed by atoms with Crippen LogP contribution in [0, 0.1) is 0 Å². The second kappa shape index (κ2) is 8.91. The van der Waals surface area contributed by atoms with Gasteiger partial charge in [-0.05, 0) is 44.2 Å². The van der Waals surface area contributed by atoms with Crippen molar-refractivity contribution in [1.29, 1.82) is 0 Å².